The number of hydrogen-bond donors (Lipinski definition) is 4. The van der Waals surface area contributed by atoms with Crippen LogP contribution in [0.25, 0.3) is 0 Å². The molecule has 5 N–H and O–H groups in total. The number of hydrogen-bond acceptors (Lipinski definition) is 10. The van der Waals surface area contributed by atoms with Gasteiger partial charge in [-0.3, -0.25) is 33.7 Å². The first-order valence-electron chi connectivity index (χ1n) is 22.1. The van der Waals surface area contributed by atoms with Crippen molar-refractivity contribution < 1.29 is 38.2 Å². The van der Waals surface area contributed by atoms with Crippen molar-refractivity contribution in [2.24, 2.45) is 23.5 Å². The van der Waals surface area contributed by atoms with E-state index in [0.717, 1.165) is 37.8 Å². The quantitative estimate of drug-likeness (QED) is 0.135. The van der Waals surface area contributed by atoms with E-state index >= 15 is 0 Å². The Kier molecular flexibility index (Phi) is 20.1. The van der Waals surface area contributed by atoms with Crippen LogP contribution in [0.3, 0.4) is 0 Å². The summed E-state index contributed by atoms with van der Waals surface area (Å²) in [6, 6.07) is 4.05. The molecule has 2 saturated heterocycles. The molecule has 6 amide bonds. The van der Waals surface area contributed by atoms with Gasteiger partial charge in [-0.1, -0.05) is 53.2 Å². The number of anilines is 1. The molecule has 16 nitrogen and oxygen atoms in total. The number of amides is 6. The highest BCUT2D eigenvalue weighted by Crippen LogP contribution is 2.30. The van der Waals surface area contributed by atoms with Crippen molar-refractivity contribution in [3.05, 3.63) is 29.8 Å². The molecule has 10 atom stereocenters. The van der Waals surface area contributed by atoms with Crippen LogP contribution in [-0.2, 0) is 44.7 Å². The highest BCUT2D eigenvalue weighted by molar-refractivity contribution is 5.97. The maximum atomic E-state index is 14.3. The Morgan fingerprint density at radius 2 is 1.57 bits per heavy atom. The highest BCUT2D eigenvalue weighted by atomic mass is 16.5. The Labute approximate surface area is 364 Å². The van der Waals surface area contributed by atoms with E-state index < -0.39 is 48.2 Å². The number of methoxy groups -OCH3 is 2. The molecule has 2 fully saturated rings. The molecule has 0 radical (unpaired) electrons. The molecule has 2 heterocycles. The Morgan fingerprint density at radius 3 is 2.15 bits per heavy atom. The summed E-state index contributed by atoms with van der Waals surface area (Å²) < 4.78 is 12.1. The van der Waals surface area contributed by atoms with E-state index in [2.05, 4.69) is 16.0 Å². The number of rotatable bonds is 22. The van der Waals surface area contributed by atoms with Crippen LogP contribution in [0.15, 0.2) is 24.3 Å². The minimum absolute atomic E-state index is 0.0184. The smallest absolute Gasteiger partial charge is 0.246 e. The van der Waals surface area contributed by atoms with Gasteiger partial charge in [-0.2, -0.15) is 0 Å². The third-order valence-electron chi connectivity index (χ3n) is 12.8. The summed E-state index contributed by atoms with van der Waals surface area (Å²) in [5, 5.41) is 8.46. The number of carbonyl (C=O) groups excluding carboxylic acids is 6. The van der Waals surface area contributed by atoms with Crippen molar-refractivity contribution >= 4 is 41.1 Å². The van der Waals surface area contributed by atoms with E-state index in [-0.39, 0.29) is 59.9 Å². The third-order valence-corrected chi connectivity index (χ3v) is 12.8. The summed E-state index contributed by atoms with van der Waals surface area (Å²) in [4.78, 5) is 87.5. The maximum Gasteiger partial charge on any atom is 0.246 e. The summed E-state index contributed by atoms with van der Waals surface area (Å²) in [6.07, 6.45) is 3.24. The monoisotopic (exact) mass is 857 g/mol. The lowest BCUT2D eigenvalue weighted by atomic mass is 9.89. The molecule has 0 bridgehead atoms. The zero-order valence-electron chi connectivity index (χ0n) is 38.9. The number of nitrogens with one attached hydrogen (secondary N) is 3. The van der Waals surface area contributed by atoms with Gasteiger partial charge in [0.2, 0.25) is 35.4 Å². The average molecular weight is 857 g/mol. The second-order valence-corrected chi connectivity index (χ2v) is 17.7. The van der Waals surface area contributed by atoms with Crippen LogP contribution in [0, 0.1) is 17.8 Å². The fourth-order valence-corrected chi connectivity index (χ4v) is 8.74. The molecule has 2 aliphatic heterocycles. The van der Waals surface area contributed by atoms with Crippen LogP contribution in [0.1, 0.15) is 92.6 Å². The second kappa shape index (κ2) is 23.9. The first kappa shape index (κ1) is 51.2. The number of ether oxygens (including phenoxy) is 2. The van der Waals surface area contributed by atoms with Gasteiger partial charge in [0.15, 0.2) is 0 Å². The average Bonchev–Trinajstić information content (AvgIpc) is 3.90. The number of carbonyl (C=O) groups is 6. The second-order valence-electron chi connectivity index (χ2n) is 17.7. The van der Waals surface area contributed by atoms with Crippen LogP contribution in [0.2, 0.25) is 0 Å². The topological polar surface area (TPSA) is 196 Å². The van der Waals surface area contributed by atoms with Crippen LogP contribution >= 0.6 is 0 Å². The van der Waals surface area contributed by atoms with Gasteiger partial charge in [0.05, 0.1) is 48.7 Å². The summed E-state index contributed by atoms with van der Waals surface area (Å²) in [7, 11) is 8.56. The largest absolute Gasteiger partial charge is 0.379 e. The zero-order valence-corrected chi connectivity index (χ0v) is 38.9. The van der Waals surface area contributed by atoms with Crippen LogP contribution in [0.4, 0.5) is 5.69 Å². The van der Waals surface area contributed by atoms with E-state index in [1.54, 1.807) is 58.0 Å². The molecule has 2 aliphatic rings. The Morgan fingerprint density at radius 1 is 0.902 bits per heavy atom. The number of benzene rings is 1. The summed E-state index contributed by atoms with van der Waals surface area (Å²) in [5.74, 6) is -2.14. The number of nitrogens with zero attached hydrogens (tertiary/aromatic N) is 4. The van der Waals surface area contributed by atoms with E-state index in [1.165, 1.54) is 0 Å². The standard InChI is InChI=1S/C45H76N8O8/c1-13-28(4)39(52(10)45(59)38(27(2)3)49-43(57)35-20-15-22-50(35)8)36(60-11)26-37(54)53-23-16-19-34(53)40(61-12)29(5)44(58)51(9)24-21-32-17-14-18-33(25-32)48-42(56)31(7)47-41(55)30(6)46/h14,17-18,25,27-31,34-36,38-40H,13,15-16,19-24,26,46H2,1-12H3,(H,47,55)(H,48,56)(H,49,57)/t28-,29+,30-,31-,34?,35+,36+,38-,39-,40+/m0/s1. The van der Waals surface area contributed by atoms with Gasteiger partial charge in [0.25, 0.3) is 0 Å². The lowest BCUT2D eigenvalue weighted by Gasteiger charge is -2.41. The first-order valence-corrected chi connectivity index (χ1v) is 22.1. The zero-order chi connectivity index (χ0) is 45.7. The van der Waals surface area contributed by atoms with Gasteiger partial charge in [0.1, 0.15) is 12.1 Å². The predicted molar refractivity (Wildman–Crippen MR) is 236 cm³/mol. The minimum atomic E-state index is -0.777. The summed E-state index contributed by atoms with van der Waals surface area (Å²) in [5.41, 5.74) is 7.08. The van der Waals surface area contributed by atoms with Crippen molar-refractivity contribution in [3.63, 3.8) is 0 Å². The number of nitrogens with two attached hydrogens (primary N) is 1. The molecule has 0 spiro atoms. The van der Waals surface area contributed by atoms with E-state index in [0.29, 0.717) is 31.6 Å². The Hall–Kier alpha value is -4.12. The lowest BCUT2D eigenvalue weighted by Crippen LogP contribution is -2.59. The van der Waals surface area contributed by atoms with Crippen LogP contribution < -0.4 is 21.7 Å². The fraction of sp³-hybridized carbons (Fsp3) is 0.733. The van der Waals surface area contributed by atoms with Gasteiger partial charge < -0.3 is 45.9 Å². The van der Waals surface area contributed by atoms with Gasteiger partial charge in [-0.25, -0.2) is 0 Å². The van der Waals surface area contributed by atoms with Crippen LogP contribution in [-0.4, -0.2) is 158 Å². The Balaban J connectivity index is 1.68. The number of likely N-dealkylation sites (tertiary alicyclic amines) is 2. The van der Waals surface area contributed by atoms with Crippen molar-refractivity contribution in [2.75, 3.05) is 60.3 Å². The molecule has 61 heavy (non-hydrogen) atoms. The maximum absolute atomic E-state index is 14.3. The molecule has 3 rings (SSSR count). The van der Waals surface area contributed by atoms with Gasteiger partial charge >= 0.3 is 0 Å². The predicted octanol–water partition coefficient (Wildman–Crippen LogP) is 2.63. The van der Waals surface area contributed by atoms with E-state index in [4.69, 9.17) is 15.2 Å². The van der Waals surface area contributed by atoms with Gasteiger partial charge in [-0.15, -0.1) is 0 Å². The SMILES string of the molecule is CC[C@H](C)[C@@H]([C@@H](CC(=O)N1CCCC1[C@H](OC)[C@@H](C)C(=O)N(C)CCc1cccc(NC(=O)[C@H](C)NC(=O)[C@H](C)N)c1)OC)N(C)C(=O)[C@@H](NC(=O)[C@H]1CCCN1C)C(C)C. The van der Waals surface area contributed by atoms with E-state index in [9.17, 15) is 28.8 Å². The lowest BCUT2D eigenvalue weighted by molar-refractivity contribution is -0.149. The van der Waals surface area contributed by atoms with Gasteiger partial charge in [0, 0.05) is 47.1 Å². The minimum Gasteiger partial charge on any atom is -0.379 e. The molecule has 0 aromatic heterocycles. The molecular formula is C45H76N8O8. The Bertz CT molecular complexity index is 1640. The molecule has 344 valence electrons. The summed E-state index contributed by atoms with van der Waals surface area (Å²) >= 11 is 0. The molecule has 1 unspecified atom stereocenters. The normalized spacial score (nSPS) is 20.8. The highest BCUT2D eigenvalue weighted by Gasteiger charge is 2.43. The van der Waals surface area contributed by atoms with Crippen molar-refractivity contribution in [1.82, 2.24) is 30.2 Å². The van der Waals surface area contributed by atoms with Crippen molar-refractivity contribution in [3.8, 4) is 0 Å². The van der Waals surface area contributed by atoms with Crippen LogP contribution in [0.5, 0.6) is 0 Å². The first-order chi connectivity index (χ1) is 28.8. The summed E-state index contributed by atoms with van der Waals surface area (Å²) in [6.45, 7) is 14.7. The van der Waals surface area contributed by atoms with E-state index in [1.807, 2.05) is 69.7 Å². The fourth-order valence-electron chi connectivity index (χ4n) is 8.74. The third kappa shape index (κ3) is 13.7. The number of likely N-dealkylation sites (N-methyl/N-ethyl adjacent to an activating group) is 3. The van der Waals surface area contributed by atoms with Crippen molar-refractivity contribution in [1.29, 1.82) is 0 Å². The van der Waals surface area contributed by atoms with Gasteiger partial charge in [-0.05, 0) is 89.1 Å². The molecule has 1 aromatic rings. The molecule has 0 saturated carbocycles. The molecule has 1 aromatic carbocycles. The molecule has 16 heteroatoms. The van der Waals surface area contributed by atoms with Crippen molar-refractivity contribution in [2.45, 2.75) is 142 Å². The molecular weight excluding hydrogens is 781 g/mol. The molecule has 0 aliphatic carbocycles.